The highest BCUT2D eigenvalue weighted by atomic mass is 35.5. The van der Waals surface area contributed by atoms with Crippen molar-refractivity contribution < 1.29 is 41.9 Å². The van der Waals surface area contributed by atoms with Crippen LogP contribution in [-0.2, 0) is 33.9 Å². The molecule has 0 saturated carbocycles. The number of hydrogen-bond donors (Lipinski definition) is 4. The SMILES string of the molecule is CC(=O)O/C(C(N)=O)=C(/NC(=O)[C@@H]1CCCN1C(=O)C(NC(=O)c1ccc(C(=O)NS(=O)(=O)c2ccc(Cl)cc2)cc1)C(C)C)C(C)C. The molecule has 1 aliphatic heterocycles. The summed E-state index contributed by atoms with van der Waals surface area (Å²) >= 11 is 5.80. The lowest BCUT2D eigenvalue weighted by atomic mass is 10.0. The molecular weight excluding hydrogens is 666 g/mol. The highest BCUT2D eigenvalue weighted by molar-refractivity contribution is 7.90. The molecule has 1 heterocycles. The minimum absolute atomic E-state index is 0.00424. The largest absolute Gasteiger partial charge is 0.419 e. The number of sulfonamides is 1. The summed E-state index contributed by atoms with van der Waals surface area (Å²) in [5.41, 5.74) is 5.45. The number of likely N-dealkylation sites (tertiary alicyclic amines) is 1. The first kappa shape index (κ1) is 37.7. The fraction of sp³-hybridized carbons (Fsp3) is 0.375. The standard InChI is InChI=1S/C32H38ClN5O9S/c1-17(2)25(27(28(34)40)47-19(5)39)35-31(43)24-7-6-16-38(24)32(44)26(18(3)4)36-29(41)20-8-10-21(11-9-20)30(42)37-48(45,46)23-14-12-22(33)13-15-23/h8-15,17-18,24,26H,6-7,16H2,1-5H3,(H2,34,40)(H,35,43)(H,36,41)(H,37,42)/b27-25+/t24-,26?/m0/s1. The molecule has 5 amide bonds. The number of halogens is 1. The molecule has 3 rings (SSSR count). The molecular formula is C32H38ClN5O9S. The van der Waals surface area contributed by atoms with E-state index in [-0.39, 0.29) is 28.3 Å². The highest BCUT2D eigenvalue weighted by Crippen LogP contribution is 2.23. The smallest absolute Gasteiger partial charge is 0.308 e. The Morgan fingerprint density at radius 3 is 1.98 bits per heavy atom. The molecule has 0 bridgehead atoms. The molecule has 1 aliphatic rings. The molecule has 48 heavy (non-hydrogen) atoms. The number of ether oxygens (including phenoxy) is 1. The van der Waals surface area contributed by atoms with Gasteiger partial charge in [-0.05, 0) is 73.2 Å². The Kier molecular flexibility index (Phi) is 12.5. The number of carbonyl (C=O) groups is 6. The minimum Gasteiger partial charge on any atom is -0.419 e. The zero-order chi connectivity index (χ0) is 35.9. The second kappa shape index (κ2) is 15.9. The Morgan fingerprint density at radius 2 is 1.48 bits per heavy atom. The van der Waals surface area contributed by atoms with E-state index in [2.05, 4.69) is 10.6 Å². The lowest BCUT2D eigenvalue weighted by Gasteiger charge is -2.31. The predicted molar refractivity (Wildman–Crippen MR) is 174 cm³/mol. The van der Waals surface area contributed by atoms with Crippen LogP contribution in [0.3, 0.4) is 0 Å². The van der Waals surface area contributed by atoms with E-state index in [1.807, 2.05) is 4.72 Å². The Balaban J connectivity index is 1.73. The number of hydrogen-bond acceptors (Lipinski definition) is 9. The van der Waals surface area contributed by atoms with Crippen LogP contribution in [0, 0.1) is 11.8 Å². The zero-order valence-corrected chi connectivity index (χ0v) is 28.6. The number of rotatable bonds is 12. The number of allylic oxidation sites excluding steroid dienone is 1. The number of esters is 1. The molecule has 2 aromatic rings. The average molecular weight is 704 g/mol. The van der Waals surface area contributed by atoms with Crippen LogP contribution in [0.5, 0.6) is 0 Å². The fourth-order valence-electron chi connectivity index (χ4n) is 4.91. The van der Waals surface area contributed by atoms with Gasteiger partial charge < -0.3 is 26.0 Å². The van der Waals surface area contributed by atoms with Crippen molar-refractivity contribution >= 4 is 57.1 Å². The van der Waals surface area contributed by atoms with Gasteiger partial charge >= 0.3 is 5.97 Å². The fourth-order valence-corrected chi connectivity index (χ4v) is 6.01. The lowest BCUT2D eigenvalue weighted by molar-refractivity contribution is -0.141. The number of nitrogens with one attached hydrogen (secondary N) is 3. The summed E-state index contributed by atoms with van der Waals surface area (Å²) in [4.78, 5) is 77.7. The predicted octanol–water partition coefficient (Wildman–Crippen LogP) is 2.24. The number of nitrogens with zero attached hydrogens (tertiary/aromatic N) is 1. The normalized spacial score (nSPS) is 15.8. The van der Waals surface area contributed by atoms with Crippen molar-refractivity contribution in [3.63, 3.8) is 0 Å². The monoisotopic (exact) mass is 703 g/mol. The van der Waals surface area contributed by atoms with Crippen molar-refractivity contribution in [2.24, 2.45) is 17.6 Å². The van der Waals surface area contributed by atoms with Crippen molar-refractivity contribution in [1.82, 2.24) is 20.3 Å². The van der Waals surface area contributed by atoms with Crippen LogP contribution < -0.4 is 21.1 Å². The Bertz CT molecular complexity index is 1720. The molecule has 2 aromatic carbocycles. The quantitative estimate of drug-likeness (QED) is 0.145. The van der Waals surface area contributed by atoms with Gasteiger partial charge in [-0.15, -0.1) is 0 Å². The van der Waals surface area contributed by atoms with Crippen LogP contribution in [0.4, 0.5) is 0 Å². The first-order chi connectivity index (χ1) is 22.4. The van der Waals surface area contributed by atoms with Gasteiger partial charge in [0.15, 0.2) is 0 Å². The van der Waals surface area contributed by atoms with E-state index in [0.717, 1.165) is 6.92 Å². The van der Waals surface area contributed by atoms with Gasteiger partial charge in [0.05, 0.1) is 10.6 Å². The number of carbonyl (C=O) groups excluding carboxylic acids is 6. The number of benzene rings is 2. The van der Waals surface area contributed by atoms with Gasteiger partial charge in [-0.3, -0.25) is 28.8 Å². The van der Waals surface area contributed by atoms with E-state index in [1.54, 1.807) is 27.7 Å². The molecule has 16 heteroatoms. The summed E-state index contributed by atoms with van der Waals surface area (Å²) < 4.78 is 32.1. The van der Waals surface area contributed by atoms with Crippen molar-refractivity contribution in [2.75, 3.05) is 6.54 Å². The molecule has 5 N–H and O–H groups in total. The second-order valence-electron chi connectivity index (χ2n) is 11.7. The van der Waals surface area contributed by atoms with Gasteiger partial charge in [-0.2, -0.15) is 0 Å². The highest BCUT2D eigenvalue weighted by Gasteiger charge is 2.39. The Hall–Kier alpha value is -4.76. The zero-order valence-electron chi connectivity index (χ0n) is 27.0. The van der Waals surface area contributed by atoms with E-state index in [9.17, 15) is 37.2 Å². The van der Waals surface area contributed by atoms with Gasteiger partial charge in [0, 0.05) is 29.6 Å². The summed E-state index contributed by atoms with van der Waals surface area (Å²) in [7, 11) is -4.18. The van der Waals surface area contributed by atoms with E-state index < -0.39 is 75.2 Å². The maximum Gasteiger partial charge on any atom is 0.308 e. The third-order valence-electron chi connectivity index (χ3n) is 7.37. The maximum atomic E-state index is 13.7. The van der Waals surface area contributed by atoms with Crippen molar-refractivity contribution in [3.05, 3.63) is 76.1 Å². The Labute approximate surface area is 283 Å². The summed E-state index contributed by atoms with van der Waals surface area (Å²) in [6.07, 6.45) is 0.797. The van der Waals surface area contributed by atoms with Crippen LogP contribution >= 0.6 is 11.6 Å². The molecule has 0 radical (unpaired) electrons. The molecule has 0 spiro atoms. The van der Waals surface area contributed by atoms with E-state index >= 15 is 0 Å². The topological polar surface area (TPSA) is 211 Å². The molecule has 0 aromatic heterocycles. The van der Waals surface area contributed by atoms with Gasteiger partial charge in [0.1, 0.15) is 12.1 Å². The number of primary amides is 1. The summed E-state index contributed by atoms with van der Waals surface area (Å²) in [6, 6.07) is 8.42. The van der Waals surface area contributed by atoms with Gasteiger partial charge in [0.25, 0.3) is 27.7 Å². The van der Waals surface area contributed by atoms with Gasteiger partial charge in [0.2, 0.25) is 17.6 Å². The average Bonchev–Trinajstić information content (AvgIpc) is 3.51. The number of amides is 5. The lowest BCUT2D eigenvalue weighted by Crippen LogP contribution is -2.55. The summed E-state index contributed by atoms with van der Waals surface area (Å²) in [5, 5.41) is 5.64. The van der Waals surface area contributed by atoms with Gasteiger partial charge in [-0.25, -0.2) is 13.1 Å². The molecule has 0 aliphatic carbocycles. The van der Waals surface area contributed by atoms with Crippen LogP contribution in [0.25, 0.3) is 0 Å². The third kappa shape index (κ3) is 9.41. The molecule has 1 saturated heterocycles. The van der Waals surface area contributed by atoms with E-state index in [4.69, 9.17) is 22.1 Å². The molecule has 14 nitrogen and oxygen atoms in total. The molecule has 258 valence electrons. The van der Waals surface area contributed by atoms with Crippen LogP contribution in [0.1, 0.15) is 68.2 Å². The summed E-state index contributed by atoms with van der Waals surface area (Å²) in [6.45, 7) is 8.08. The maximum absolute atomic E-state index is 13.7. The first-order valence-corrected chi connectivity index (χ1v) is 16.9. The van der Waals surface area contributed by atoms with E-state index in [1.165, 1.54) is 53.4 Å². The Morgan fingerprint density at radius 1 is 0.917 bits per heavy atom. The van der Waals surface area contributed by atoms with Crippen LogP contribution in [0.15, 0.2) is 64.9 Å². The van der Waals surface area contributed by atoms with Crippen LogP contribution in [-0.4, -0.2) is 67.5 Å². The van der Waals surface area contributed by atoms with Crippen molar-refractivity contribution in [1.29, 1.82) is 0 Å². The third-order valence-corrected chi connectivity index (χ3v) is 8.97. The van der Waals surface area contributed by atoms with E-state index in [0.29, 0.717) is 17.9 Å². The molecule has 1 unspecified atom stereocenters. The van der Waals surface area contributed by atoms with Gasteiger partial charge in [-0.1, -0.05) is 39.3 Å². The molecule has 1 fully saturated rings. The summed E-state index contributed by atoms with van der Waals surface area (Å²) in [5.74, 6) is -5.91. The second-order valence-corrected chi connectivity index (χ2v) is 13.8. The van der Waals surface area contributed by atoms with Crippen molar-refractivity contribution in [2.45, 2.75) is 64.4 Å². The molecule has 2 atom stereocenters. The number of nitrogens with two attached hydrogens (primary N) is 1. The first-order valence-electron chi connectivity index (χ1n) is 15.0. The van der Waals surface area contributed by atoms with Crippen molar-refractivity contribution in [3.8, 4) is 0 Å². The minimum atomic E-state index is -4.18. The van der Waals surface area contributed by atoms with Crippen LogP contribution in [0.2, 0.25) is 5.02 Å².